The van der Waals surface area contributed by atoms with Gasteiger partial charge in [-0.15, -0.1) is 11.3 Å². The molecule has 0 fully saturated rings. The summed E-state index contributed by atoms with van der Waals surface area (Å²) < 4.78 is 7.18. The van der Waals surface area contributed by atoms with Gasteiger partial charge in [0.05, 0.1) is 28.2 Å². The molecule has 5 rings (SSSR count). The Balaban J connectivity index is 1.46. The lowest BCUT2D eigenvalue weighted by Gasteiger charge is -2.33. The first-order chi connectivity index (χ1) is 16.8. The summed E-state index contributed by atoms with van der Waals surface area (Å²) in [5.41, 5.74) is 5.45. The molecule has 0 saturated heterocycles. The number of pyridine rings is 1. The highest BCUT2D eigenvalue weighted by Gasteiger charge is 2.31. The number of ether oxygens (including phenoxy) is 1. The van der Waals surface area contributed by atoms with Crippen molar-refractivity contribution < 1.29 is 9.53 Å². The molecule has 0 bridgehead atoms. The van der Waals surface area contributed by atoms with Crippen LogP contribution in [0.5, 0.6) is 0 Å². The Morgan fingerprint density at radius 2 is 2.00 bits per heavy atom. The van der Waals surface area contributed by atoms with Crippen molar-refractivity contribution in [3.63, 3.8) is 0 Å². The Labute approximate surface area is 213 Å². The van der Waals surface area contributed by atoms with Gasteiger partial charge < -0.3 is 10.1 Å². The fourth-order valence-electron chi connectivity index (χ4n) is 4.49. The van der Waals surface area contributed by atoms with Crippen LogP contribution in [0.3, 0.4) is 0 Å². The van der Waals surface area contributed by atoms with E-state index in [0.717, 1.165) is 49.6 Å². The van der Waals surface area contributed by atoms with Crippen molar-refractivity contribution in [2.75, 3.05) is 5.75 Å². The van der Waals surface area contributed by atoms with Gasteiger partial charge in [-0.2, -0.15) is 0 Å². The lowest BCUT2D eigenvalue weighted by Crippen LogP contribution is -2.33. The highest BCUT2D eigenvalue weighted by atomic mass is 32.2. The van der Waals surface area contributed by atoms with Crippen molar-refractivity contribution in [3.8, 4) is 0 Å². The first-order valence-electron chi connectivity index (χ1n) is 12.0. The van der Waals surface area contributed by atoms with Gasteiger partial charge in [-0.05, 0) is 37.3 Å². The fraction of sp³-hybridized carbons (Fsp3) is 0.407. The molecule has 4 heterocycles. The van der Waals surface area contributed by atoms with Crippen LogP contribution in [0.2, 0.25) is 0 Å². The molecule has 0 spiro atoms. The largest absolute Gasteiger partial charge is 0.370 e. The van der Waals surface area contributed by atoms with Gasteiger partial charge in [-0.3, -0.25) is 4.79 Å². The molecule has 0 atom stereocenters. The Bertz CT molecular complexity index is 1380. The zero-order valence-corrected chi connectivity index (χ0v) is 22.2. The predicted octanol–water partition coefficient (Wildman–Crippen LogP) is 5.70. The van der Waals surface area contributed by atoms with E-state index in [0.29, 0.717) is 24.8 Å². The van der Waals surface area contributed by atoms with E-state index in [1.165, 1.54) is 22.9 Å². The molecule has 1 aromatic carbocycles. The Kier molecular flexibility index (Phi) is 6.79. The van der Waals surface area contributed by atoms with Gasteiger partial charge in [0, 0.05) is 29.6 Å². The number of thiophene rings is 1. The predicted molar refractivity (Wildman–Crippen MR) is 143 cm³/mol. The molecule has 4 aromatic rings. The lowest BCUT2D eigenvalue weighted by atomic mass is 9.88. The van der Waals surface area contributed by atoms with Crippen LogP contribution in [0.15, 0.2) is 41.7 Å². The zero-order valence-electron chi connectivity index (χ0n) is 20.6. The second-order valence-corrected chi connectivity index (χ2v) is 12.0. The summed E-state index contributed by atoms with van der Waals surface area (Å²) >= 11 is 3.09. The Hall–Kier alpha value is -2.55. The maximum absolute atomic E-state index is 12.5. The number of amides is 1. The molecule has 1 N–H and O–H groups in total. The standard InChI is InChI=1S/C27H30N4O2S2/c1-16(2)10-20-19-13-33-27(3,4)11-18(19)22-23-24(35-25(22)31-20)26(30-15-29-23)34-14-21(32)28-12-17-8-6-5-7-9-17/h5-9,15-16H,10-14H2,1-4H3,(H,28,32). The zero-order chi connectivity index (χ0) is 24.6. The number of aromatic nitrogens is 3. The maximum Gasteiger partial charge on any atom is 0.230 e. The molecule has 35 heavy (non-hydrogen) atoms. The summed E-state index contributed by atoms with van der Waals surface area (Å²) in [6.07, 6.45) is 3.36. The SMILES string of the molecule is CC(C)Cc1nc2sc3c(SCC(=O)NCc4ccccc4)ncnc3c2c2c1COC(C)(C)C2. The normalized spacial score (nSPS) is 15.0. The molecule has 0 radical (unpaired) electrons. The number of fused-ring (bicyclic) bond motifs is 5. The van der Waals surface area contributed by atoms with Gasteiger partial charge in [-0.25, -0.2) is 15.0 Å². The molecule has 3 aromatic heterocycles. The maximum atomic E-state index is 12.5. The van der Waals surface area contributed by atoms with Crippen molar-refractivity contribution in [3.05, 3.63) is 59.0 Å². The van der Waals surface area contributed by atoms with Crippen molar-refractivity contribution in [2.24, 2.45) is 5.92 Å². The summed E-state index contributed by atoms with van der Waals surface area (Å²) in [5, 5.41) is 4.95. The van der Waals surface area contributed by atoms with Gasteiger partial charge in [0.1, 0.15) is 16.2 Å². The van der Waals surface area contributed by atoms with Crippen LogP contribution < -0.4 is 5.32 Å². The highest BCUT2D eigenvalue weighted by molar-refractivity contribution is 8.00. The van der Waals surface area contributed by atoms with Gasteiger partial charge in [0.15, 0.2) is 0 Å². The summed E-state index contributed by atoms with van der Waals surface area (Å²) in [5.74, 6) is 0.798. The van der Waals surface area contributed by atoms with Gasteiger partial charge in [0.25, 0.3) is 0 Å². The van der Waals surface area contributed by atoms with Crippen LogP contribution in [-0.2, 0) is 35.5 Å². The van der Waals surface area contributed by atoms with Crippen LogP contribution in [0.1, 0.15) is 50.1 Å². The molecule has 0 aliphatic carbocycles. The van der Waals surface area contributed by atoms with E-state index in [2.05, 4.69) is 43.0 Å². The average Bonchev–Trinajstić information content (AvgIpc) is 3.20. The first kappa shape index (κ1) is 24.2. The molecule has 182 valence electrons. The second-order valence-electron chi connectivity index (χ2n) is 10.0. The molecular weight excluding hydrogens is 476 g/mol. The third kappa shape index (κ3) is 5.20. The molecule has 1 aliphatic heterocycles. The summed E-state index contributed by atoms with van der Waals surface area (Å²) in [6, 6.07) is 9.93. The Morgan fingerprint density at radius 1 is 1.20 bits per heavy atom. The third-order valence-corrected chi connectivity index (χ3v) is 8.35. The smallest absolute Gasteiger partial charge is 0.230 e. The minimum Gasteiger partial charge on any atom is -0.370 e. The van der Waals surface area contributed by atoms with Crippen molar-refractivity contribution in [1.29, 1.82) is 0 Å². The number of nitrogens with one attached hydrogen (secondary N) is 1. The number of thioether (sulfide) groups is 1. The van der Waals surface area contributed by atoms with Crippen LogP contribution in [-0.4, -0.2) is 32.2 Å². The second kappa shape index (κ2) is 9.84. The number of benzene rings is 1. The molecule has 6 nitrogen and oxygen atoms in total. The van der Waals surface area contributed by atoms with E-state index >= 15 is 0 Å². The fourth-order valence-corrected chi connectivity index (χ4v) is 6.58. The van der Waals surface area contributed by atoms with Gasteiger partial charge in [0.2, 0.25) is 5.91 Å². The molecular formula is C27H30N4O2S2. The Morgan fingerprint density at radius 3 is 2.77 bits per heavy atom. The van der Waals surface area contributed by atoms with E-state index in [-0.39, 0.29) is 11.5 Å². The van der Waals surface area contributed by atoms with E-state index in [4.69, 9.17) is 9.72 Å². The molecule has 0 unspecified atom stereocenters. The van der Waals surface area contributed by atoms with Crippen LogP contribution in [0.25, 0.3) is 20.4 Å². The van der Waals surface area contributed by atoms with E-state index in [9.17, 15) is 4.79 Å². The van der Waals surface area contributed by atoms with Crippen molar-refractivity contribution in [1.82, 2.24) is 20.3 Å². The number of hydrogen-bond donors (Lipinski definition) is 1. The summed E-state index contributed by atoms with van der Waals surface area (Å²) in [4.78, 5) is 27.8. The van der Waals surface area contributed by atoms with E-state index in [1.807, 2.05) is 30.3 Å². The summed E-state index contributed by atoms with van der Waals surface area (Å²) in [6.45, 7) is 9.83. The monoisotopic (exact) mass is 506 g/mol. The van der Waals surface area contributed by atoms with Crippen molar-refractivity contribution >= 4 is 49.4 Å². The number of nitrogens with zero attached hydrogens (tertiary/aromatic N) is 3. The molecule has 8 heteroatoms. The highest BCUT2D eigenvalue weighted by Crippen LogP contribution is 2.42. The van der Waals surface area contributed by atoms with Gasteiger partial charge in [-0.1, -0.05) is 55.9 Å². The van der Waals surface area contributed by atoms with Crippen LogP contribution >= 0.6 is 23.1 Å². The minimum atomic E-state index is -0.230. The number of rotatable bonds is 7. The molecule has 0 saturated carbocycles. The van der Waals surface area contributed by atoms with Crippen LogP contribution in [0, 0.1) is 5.92 Å². The number of carbonyl (C=O) groups is 1. The van der Waals surface area contributed by atoms with E-state index < -0.39 is 0 Å². The average molecular weight is 507 g/mol. The molecule has 1 amide bonds. The van der Waals surface area contributed by atoms with Crippen LogP contribution in [0.4, 0.5) is 0 Å². The van der Waals surface area contributed by atoms with E-state index in [1.54, 1.807) is 17.7 Å². The first-order valence-corrected chi connectivity index (χ1v) is 13.8. The topological polar surface area (TPSA) is 77.0 Å². The molecule has 1 aliphatic rings. The quantitative estimate of drug-likeness (QED) is 0.256. The number of hydrogen-bond acceptors (Lipinski definition) is 7. The number of carbonyl (C=O) groups excluding carboxylic acids is 1. The van der Waals surface area contributed by atoms with Gasteiger partial charge >= 0.3 is 0 Å². The third-order valence-electron chi connectivity index (χ3n) is 6.16. The lowest BCUT2D eigenvalue weighted by molar-refractivity contribution is -0.118. The van der Waals surface area contributed by atoms with Crippen molar-refractivity contribution in [2.45, 2.75) is 64.3 Å². The minimum absolute atomic E-state index is 0.0136. The summed E-state index contributed by atoms with van der Waals surface area (Å²) in [7, 11) is 0.